The number of hydrogen-bond donors (Lipinski definition) is 1. The Bertz CT molecular complexity index is 739. The number of rotatable bonds is 5. The summed E-state index contributed by atoms with van der Waals surface area (Å²) in [5, 5.41) is 9.04. The Kier molecular flexibility index (Phi) is 4.88. The number of nitrogens with zero attached hydrogens (tertiary/aromatic N) is 1. The smallest absolute Gasteiger partial charge is 0.246 e. The summed E-state index contributed by atoms with van der Waals surface area (Å²) in [6.45, 7) is 1.49. The van der Waals surface area contributed by atoms with E-state index >= 15 is 0 Å². The van der Waals surface area contributed by atoms with Gasteiger partial charge in [-0.3, -0.25) is 0 Å². The van der Waals surface area contributed by atoms with Crippen molar-refractivity contribution in [3.05, 3.63) is 51.9 Å². The van der Waals surface area contributed by atoms with Gasteiger partial charge in [-0.1, -0.05) is 28.1 Å². The molecule has 0 fully saturated rings. The molecule has 2 aromatic rings. The SMILES string of the molecule is Cc1oc(CO)cc1S(=O)(=O)N(C)Cc1cccc(Br)c1. The molecule has 0 amide bonds. The predicted octanol–water partition coefficient (Wildman–Crippen LogP) is 2.66. The fourth-order valence-electron chi connectivity index (χ4n) is 2.00. The van der Waals surface area contributed by atoms with Crippen molar-refractivity contribution in [2.75, 3.05) is 7.05 Å². The molecule has 0 spiro atoms. The second-order valence-corrected chi connectivity index (χ2v) is 7.61. The molecular formula is C14H16BrNO4S. The van der Waals surface area contributed by atoms with Crippen molar-refractivity contribution < 1.29 is 17.9 Å². The molecule has 1 aromatic carbocycles. The highest BCUT2D eigenvalue weighted by molar-refractivity contribution is 9.10. The van der Waals surface area contributed by atoms with Gasteiger partial charge in [-0.25, -0.2) is 8.42 Å². The highest BCUT2D eigenvalue weighted by atomic mass is 79.9. The van der Waals surface area contributed by atoms with E-state index < -0.39 is 10.0 Å². The van der Waals surface area contributed by atoms with Gasteiger partial charge < -0.3 is 9.52 Å². The van der Waals surface area contributed by atoms with Crippen molar-refractivity contribution in [2.45, 2.75) is 25.0 Å². The number of sulfonamides is 1. The maximum Gasteiger partial charge on any atom is 0.246 e. The van der Waals surface area contributed by atoms with E-state index in [2.05, 4.69) is 15.9 Å². The highest BCUT2D eigenvalue weighted by Gasteiger charge is 2.26. The van der Waals surface area contributed by atoms with Crippen molar-refractivity contribution in [3.63, 3.8) is 0 Å². The van der Waals surface area contributed by atoms with Gasteiger partial charge in [-0.15, -0.1) is 0 Å². The zero-order valence-corrected chi connectivity index (χ0v) is 14.1. The standard InChI is InChI=1S/C14H16BrNO4S/c1-10-14(7-13(9-17)20-10)21(18,19)16(2)8-11-4-3-5-12(15)6-11/h3-7,17H,8-9H2,1-2H3. The van der Waals surface area contributed by atoms with Crippen LogP contribution in [0.4, 0.5) is 0 Å². The molecule has 0 saturated heterocycles. The third kappa shape index (κ3) is 3.55. The van der Waals surface area contributed by atoms with Crippen LogP contribution < -0.4 is 0 Å². The van der Waals surface area contributed by atoms with Crippen molar-refractivity contribution >= 4 is 26.0 Å². The Morgan fingerprint density at radius 2 is 2.05 bits per heavy atom. The number of hydrogen-bond acceptors (Lipinski definition) is 4. The van der Waals surface area contributed by atoms with Gasteiger partial charge in [-0.2, -0.15) is 4.31 Å². The monoisotopic (exact) mass is 373 g/mol. The van der Waals surface area contributed by atoms with E-state index in [0.717, 1.165) is 10.0 Å². The van der Waals surface area contributed by atoms with Gasteiger partial charge in [-0.05, 0) is 24.6 Å². The lowest BCUT2D eigenvalue weighted by atomic mass is 10.2. The van der Waals surface area contributed by atoms with Crippen molar-refractivity contribution in [1.29, 1.82) is 0 Å². The van der Waals surface area contributed by atoms with Gasteiger partial charge in [0.05, 0.1) is 0 Å². The van der Waals surface area contributed by atoms with Crippen LogP contribution in [0.15, 0.2) is 44.1 Å². The van der Waals surface area contributed by atoms with Crippen LogP contribution in [-0.4, -0.2) is 24.9 Å². The summed E-state index contributed by atoms with van der Waals surface area (Å²) in [5.41, 5.74) is 0.874. The van der Waals surface area contributed by atoms with Crippen LogP contribution >= 0.6 is 15.9 Å². The fraction of sp³-hybridized carbons (Fsp3) is 0.286. The number of aliphatic hydroxyl groups excluding tert-OH is 1. The van der Waals surface area contributed by atoms with Gasteiger partial charge in [0.15, 0.2) is 0 Å². The van der Waals surface area contributed by atoms with Crippen LogP contribution in [0.2, 0.25) is 0 Å². The number of aliphatic hydroxyl groups is 1. The van der Waals surface area contributed by atoms with E-state index in [1.54, 1.807) is 6.92 Å². The van der Waals surface area contributed by atoms with E-state index in [0.29, 0.717) is 0 Å². The Hall–Kier alpha value is -1.15. The van der Waals surface area contributed by atoms with E-state index in [1.165, 1.54) is 17.4 Å². The van der Waals surface area contributed by atoms with Crippen LogP contribution in [0.5, 0.6) is 0 Å². The minimum absolute atomic E-state index is 0.0871. The minimum Gasteiger partial charge on any atom is -0.462 e. The summed E-state index contributed by atoms with van der Waals surface area (Å²) >= 11 is 3.36. The lowest BCUT2D eigenvalue weighted by Gasteiger charge is -2.16. The molecule has 0 aliphatic heterocycles. The molecule has 114 valence electrons. The highest BCUT2D eigenvalue weighted by Crippen LogP contribution is 2.24. The minimum atomic E-state index is -3.66. The molecule has 0 aliphatic carbocycles. The molecule has 1 N–H and O–H groups in total. The number of aryl methyl sites for hydroxylation is 1. The second kappa shape index (κ2) is 6.31. The Labute approximate surface area is 132 Å². The molecule has 1 aromatic heterocycles. The van der Waals surface area contributed by atoms with E-state index in [4.69, 9.17) is 9.52 Å². The molecule has 21 heavy (non-hydrogen) atoms. The molecule has 0 atom stereocenters. The van der Waals surface area contributed by atoms with Crippen molar-refractivity contribution in [3.8, 4) is 0 Å². The van der Waals surface area contributed by atoms with Crippen LogP contribution in [0.3, 0.4) is 0 Å². The fourth-order valence-corrected chi connectivity index (χ4v) is 3.79. The van der Waals surface area contributed by atoms with Crippen LogP contribution in [0.1, 0.15) is 17.1 Å². The first kappa shape index (κ1) is 16.2. The summed E-state index contributed by atoms with van der Waals surface area (Å²) in [6, 6.07) is 8.83. The van der Waals surface area contributed by atoms with Gasteiger partial charge in [0.2, 0.25) is 10.0 Å². The zero-order chi connectivity index (χ0) is 15.6. The largest absolute Gasteiger partial charge is 0.462 e. The lowest BCUT2D eigenvalue weighted by Crippen LogP contribution is -2.26. The van der Waals surface area contributed by atoms with Crippen LogP contribution in [-0.2, 0) is 23.2 Å². The molecular weight excluding hydrogens is 358 g/mol. The summed E-state index contributed by atoms with van der Waals surface area (Å²) in [5.74, 6) is 0.516. The molecule has 2 rings (SSSR count). The van der Waals surface area contributed by atoms with E-state index in [9.17, 15) is 8.42 Å². The van der Waals surface area contributed by atoms with Gasteiger partial charge in [0, 0.05) is 24.1 Å². The molecule has 1 heterocycles. The van der Waals surface area contributed by atoms with E-state index in [1.807, 2.05) is 24.3 Å². The summed E-state index contributed by atoms with van der Waals surface area (Å²) in [4.78, 5) is 0.0871. The third-order valence-corrected chi connectivity index (χ3v) is 5.47. The van der Waals surface area contributed by atoms with Gasteiger partial charge in [0.25, 0.3) is 0 Å². The maximum atomic E-state index is 12.5. The average Bonchev–Trinajstić information content (AvgIpc) is 2.80. The zero-order valence-electron chi connectivity index (χ0n) is 11.7. The first-order valence-electron chi connectivity index (χ1n) is 6.25. The Morgan fingerprint density at radius 3 is 2.62 bits per heavy atom. The molecule has 5 nitrogen and oxygen atoms in total. The molecule has 0 saturated carbocycles. The maximum absolute atomic E-state index is 12.5. The lowest BCUT2D eigenvalue weighted by molar-refractivity contribution is 0.244. The summed E-state index contributed by atoms with van der Waals surface area (Å²) in [6.07, 6.45) is 0. The summed E-state index contributed by atoms with van der Waals surface area (Å²) in [7, 11) is -2.14. The Balaban J connectivity index is 2.28. The van der Waals surface area contributed by atoms with Gasteiger partial charge in [0.1, 0.15) is 23.0 Å². The third-order valence-electron chi connectivity index (χ3n) is 3.06. The summed E-state index contributed by atoms with van der Waals surface area (Å²) < 4.78 is 32.4. The molecule has 0 unspecified atom stereocenters. The number of benzene rings is 1. The van der Waals surface area contributed by atoms with E-state index in [-0.39, 0.29) is 29.6 Å². The van der Waals surface area contributed by atoms with Gasteiger partial charge >= 0.3 is 0 Å². The number of halogens is 1. The van der Waals surface area contributed by atoms with Crippen LogP contribution in [0, 0.1) is 6.92 Å². The Morgan fingerprint density at radius 1 is 1.33 bits per heavy atom. The van der Waals surface area contributed by atoms with Crippen molar-refractivity contribution in [2.24, 2.45) is 0 Å². The quantitative estimate of drug-likeness (QED) is 0.874. The second-order valence-electron chi connectivity index (χ2n) is 4.68. The first-order chi connectivity index (χ1) is 9.84. The molecule has 0 aliphatic rings. The molecule has 0 bridgehead atoms. The molecule has 0 radical (unpaired) electrons. The topological polar surface area (TPSA) is 70.8 Å². The molecule has 7 heteroatoms. The first-order valence-corrected chi connectivity index (χ1v) is 8.49. The number of furan rings is 1. The van der Waals surface area contributed by atoms with Crippen molar-refractivity contribution in [1.82, 2.24) is 4.31 Å². The average molecular weight is 374 g/mol. The normalized spacial score (nSPS) is 12.0. The predicted molar refractivity (Wildman–Crippen MR) is 82.2 cm³/mol. The van der Waals surface area contributed by atoms with Crippen LogP contribution in [0.25, 0.3) is 0 Å².